The van der Waals surface area contributed by atoms with Crippen LogP contribution in [0.4, 0.5) is 10.5 Å². The highest BCUT2D eigenvalue weighted by Crippen LogP contribution is 2.28. The van der Waals surface area contributed by atoms with Crippen LogP contribution in [0.15, 0.2) is 66.7 Å². The molecule has 1 aliphatic heterocycles. The summed E-state index contributed by atoms with van der Waals surface area (Å²) in [7, 11) is 0. The zero-order valence-electron chi connectivity index (χ0n) is 20.5. The summed E-state index contributed by atoms with van der Waals surface area (Å²) in [5.74, 6) is 0.787. The highest BCUT2D eigenvalue weighted by atomic mass is 16.6. The number of benzene rings is 3. The van der Waals surface area contributed by atoms with Gasteiger partial charge in [-0.25, -0.2) is 4.79 Å². The van der Waals surface area contributed by atoms with E-state index in [0.29, 0.717) is 26.2 Å². The van der Waals surface area contributed by atoms with Gasteiger partial charge in [0.1, 0.15) is 19.0 Å². The molecule has 0 bridgehead atoms. The molecule has 3 aromatic rings. The fourth-order valence-corrected chi connectivity index (χ4v) is 4.39. The number of piperazine rings is 1. The van der Waals surface area contributed by atoms with Gasteiger partial charge in [-0.1, -0.05) is 48.5 Å². The zero-order valence-corrected chi connectivity index (χ0v) is 20.5. The summed E-state index contributed by atoms with van der Waals surface area (Å²) in [6, 6.07) is 22.9. The quantitative estimate of drug-likeness (QED) is 0.448. The Morgan fingerprint density at radius 3 is 2.37 bits per heavy atom. The number of carbonyl (C=O) groups is 2. The van der Waals surface area contributed by atoms with Crippen LogP contribution in [0.2, 0.25) is 0 Å². The first-order valence-corrected chi connectivity index (χ1v) is 12.2. The number of anilines is 1. The van der Waals surface area contributed by atoms with Crippen LogP contribution in [0.5, 0.6) is 5.75 Å². The maximum atomic E-state index is 12.3. The molecular weight excluding hydrogens is 442 g/mol. The van der Waals surface area contributed by atoms with E-state index in [0.717, 1.165) is 24.4 Å². The molecule has 35 heavy (non-hydrogen) atoms. The van der Waals surface area contributed by atoms with Gasteiger partial charge in [0, 0.05) is 57.3 Å². The predicted molar refractivity (Wildman–Crippen MR) is 138 cm³/mol. The van der Waals surface area contributed by atoms with Gasteiger partial charge in [0.05, 0.1) is 0 Å². The first-order chi connectivity index (χ1) is 17.0. The lowest BCUT2D eigenvalue weighted by molar-refractivity contribution is -0.130. The molecule has 184 valence electrons. The Balaban J connectivity index is 1.28. The molecule has 3 aromatic carbocycles. The van der Waals surface area contributed by atoms with Gasteiger partial charge in [-0.05, 0) is 36.1 Å². The van der Waals surface area contributed by atoms with E-state index in [-0.39, 0.29) is 25.2 Å². The lowest BCUT2D eigenvalue weighted by Gasteiger charge is -2.33. The Kier molecular flexibility index (Phi) is 8.08. The number of fused-ring (bicyclic) bond motifs is 1. The van der Waals surface area contributed by atoms with Gasteiger partial charge < -0.3 is 24.2 Å². The van der Waals surface area contributed by atoms with Crippen molar-refractivity contribution in [1.29, 1.82) is 0 Å². The van der Waals surface area contributed by atoms with Gasteiger partial charge in [-0.15, -0.1) is 0 Å². The minimum absolute atomic E-state index is 0.0350. The fourth-order valence-electron chi connectivity index (χ4n) is 4.39. The Morgan fingerprint density at radius 1 is 0.886 bits per heavy atom. The summed E-state index contributed by atoms with van der Waals surface area (Å²) >= 11 is 0. The average molecular weight is 476 g/mol. The zero-order chi connectivity index (χ0) is 24.6. The lowest BCUT2D eigenvalue weighted by atomic mass is 10.1. The van der Waals surface area contributed by atoms with E-state index < -0.39 is 0 Å². The molecule has 0 spiro atoms. The molecule has 0 saturated carbocycles. The number of rotatable bonds is 8. The summed E-state index contributed by atoms with van der Waals surface area (Å²) in [5, 5.41) is 2.48. The van der Waals surface area contributed by atoms with Crippen molar-refractivity contribution in [3.05, 3.63) is 72.3 Å². The van der Waals surface area contributed by atoms with Crippen molar-refractivity contribution in [2.45, 2.75) is 20.4 Å². The van der Waals surface area contributed by atoms with Crippen molar-refractivity contribution < 1.29 is 19.1 Å². The Labute approximate surface area is 206 Å². The van der Waals surface area contributed by atoms with Crippen molar-refractivity contribution in [2.24, 2.45) is 0 Å². The highest BCUT2D eigenvalue weighted by Gasteiger charge is 2.23. The molecule has 0 atom stereocenters. The maximum Gasteiger partial charge on any atom is 0.410 e. The second kappa shape index (κ2) is 11.6. The molecule has 4 rings (SSSR count). The van der Waals surface area contributed by atoms with Crippen LogP contribution in [0.1, 0.15) is 19.4 Å². The molecule has 1 heterocycles. The van der Waals surface area contributed by atoms with Gasteiger partial charge in [-0.2, -0.15) is 0 Å². The molecule has 0 aromatic heterocycles. The first kappa shape index (κ1) is 24.4. The summed E-state index contributed by atoms with van der Waals surface area (Å²) in [6.07, 6.45) is -0.362. The van der Waals surface area contributed by atoms with Crippen molar-refractivity contribution >= 4 is 28.5 Å². The van der Waals surface area contributed by atoms with Gasteiger partial charge >= 0.3 is 6.09 Å². The molecule has 0 N–H and O–H groups in total. The highest BCUT2D eigenvalue weighted by molar-refractivity contribution is 5.94. The topological polar surface area (TPSA) is 62.3 Å². The molecule has 0 radical (unpaired) electrons. The number of hydrogen-bond donors (Lipinski definition) is 0. The van der Waals surface area contributed by atoms with E-state index in [1.54, 1.807) is 16.7 Å². The van der Waals surface area contributed by atoms with E-state index in [4.69, 9.17) is 9.47 Å². The Morgan fingerprint density at radius 2 is 1.60 bits per heavy atom. The SMILES string of the molecule is CCN(Cc1cccc(OCCOC(=O)N2CCN(C(C)=O)CC2)c1)c1cccc2ccccc12. The largest absolute Gasteiger partial charge is 0.490 e. The van der Waals surface area contributed by atoms with E-state index in [1.807, 2.05) is 18.2 Å². The molecule has 7 heteroatoms. The number of hydrogen-bond acceptors (Lipinski definition) is 5. The Bertz CT molecular complexity index is 1150. The van der Waals surface area contributed by atoms with E-state index in [2.05, 4.69) is 60.4 Å². The van der Waals surface area contributed by atoms with Crippen molar-refractivity contribution in [1.82, 2.24) is 9.80 Å². The van der Waals surface area contributed by atoms with E-state index >= 15 is 0 Å². The predicted octanol–water partition coefficient (Wildman–Crippen LogP) is 4.55. The van der Waals surface area contributed by atoms with Crippen LogP contribution in [-0.4, -0.2) is 67.7 Å². The normalized spacial score (nSPS) is 13.5. The number of carbonyl (C=O) groups excluding carboxylic acids is 2. The van der Waals surface area contributed by atoms with Crippen molar-refractivity contribution in [3.8, 4) is 5.75 Å². The minimum Gasteiger partial charge on any atom is -0.490 e. The first-order valence-electron chi connectivity index (χ1n) is 12.2. The number of nitrogens with zero attached hydrogens (tertiary/aromatic N) is 3. The molecule has 7 nitrogen and oxygen atoms in total. The maximum absolute atomic E-state index is 12.3. The molecule has 0 unspecified atom stereocenters. The van der Waals surface area contributed by atoms with Crippen LogP contribution in [-0.2, 0) is 16.1 Å². The van der Waals surface area contributed by atoms with Gasteiger partial charge in [-0.3, -0.25) is 4.79 Å². The number of amides is 2. The van der Waals surface area contributed by atoms with E-state index in [9.17, 15) is 9.59 Å². The van der Waals surface area contributed by atoms with Crippen LogP contribution in [0.3, 0.4) is 0 Å². The van der Waals surface area contributed by atoms with Gasteiger partial charge in [0.15, 0.2) is 0 Å². The average Bonchev–Trinajstić information content (AvgIpc) is 2.89. The summed E-state index contributed by atoms with van der Waals surface area (Å²) in [5.41, 5.74) is 2.37. The summed E-state index contributed by atoms with van der Waals surface area (Å²) < 4.78 is 11.2. The second-order valence-electron chi connectivity index (χ2n) is 8.62. The molecule has 1 saturated heterocycles. The summed E-state index contributed by atoms with van der Waals surface area (Å²) in [6.45, 7) is 7.88. The third kappa shape index (κ3) is 6.23. The van der Waals surface area contributed by atoms with Gasteiger partial charge in [0.2, 0.25) is 5.91 Å². The molecule has 1 fully saturated rings. The van der Waals surface area contributed by atoms with Crippen molar-refractivity contribution in [3.63, 3.8) is 0 Å². The van der Waals surface area contributed by atoms with Gasteiger partial charge in [0.25, 0.3) is 0 Å². The minimum atomic E-state index is -0.362. The molecule has 0 aliphatic carbocycles. The molecular formula is C28H33N3O4. The molecule has 2 amide bonds. The van der Waals surface area contributed by atoms with Crippen LogP contribution in [0, 0.1) is 0 Å². The van der Waals surface area contributed by atoms with Crippen molar-refractivity contribution in [2.75, 3.05) is 50.8 Å². The monoisotopic (exact) mass is 475 g/mol. The summed E-state index contributed by atoms with van der Waals surface area (Å²) in [4.78, 5) is 29.4. The van der Waals surface area contributed by atoms with E-state index in [1.165, 1.54) is 16.5 Å². The lowest BCUT2D eigenvalue weighted by Crippen LogP contribution is -2.50. The standard InChI is InChI=1S/C28H33N3O4/c1-3-29(27-13-7-10-24-9-4-5-12-26(24)27)21-23-8-6-11-25(20-23)34-18-19-35-28(33)31-16-14-30(15-17-31)22(2)32/h4-13,20H,3,14-19,21H2,1-2H3. The van der Waals surface area contributed by atoms with Crippen LogP contribution >= 0.6 is 0 Å². The second-order valence-corrected chi connectivity index (χ2v) is 8.62. The third-order valence-electron chi connectivity index (χ3n) is 6.32. The smallest absolute Gasteiger partial charge is 0.410 e. The molecule has 1 aliphatic rings. The Hall–Kier alpha value is -3.74. The third-order valence-corrected chi connectivity index (χ3v) is 6.32. The van der Waals surface area contributed by atoms with Crippen LogP contribution in [0.25, 0.3) is 10.8 Å². The fraction of sp³-hybridized carbons (Fsp3) is 0.357. The van der Waals surface area contributed by atoms with Crippen LogP contribution < -0.4 is 9.64 Å². The number of ether oxygens (including phenoxy) is 2.